The van der Waals surface area contributed by atoms with E-state index in [9.17, 15) is 14.0 Å². The third kappa shape index (κ3) is 6.71. The molecule has 0 saturated heterocycles. The number of nitrogens with two attached hydrogens (primary N) is 1. The highest BCUT2D eigenvalue weighted by molar-refractivity contribution is 5.96. The van der Waals surface area contributed by atoms with Crippen LogP contribution in [0.4, 0.5) is 4.39 Å². The van der Waals surface area contributed by atoms with Gasteiger partial charge in [-0.05, 0) is 35.7 Å². The van der Waals surface area contributed by atoms with Crippen LogP contribution in [0.25, 0.3) is 0 Å². The molecule has 0 bridgehead atoms. The number of amides is 2. The third-order valence-electron chi connectivity index (χ3n) is 3.97. The molecule has 5 N–H and O–H groups in total. The quantitative estimate of drug-likeness (QED) is 0.401. The second kappa shape index (κ2) is 10.7. The number of guanidine groups is 1. The maximum atomic E-state index is 13.6. The van der Waals surface area contributed by atoms with Crippen LogP contribution in [-0.4, -0.2) is 37.9 Å². The molecule has 0 fully saturated rings. The molecule has 0 saturated carbocycles. The van der Waals surface area contributed by atoms with E-state index < -0.39 is 5.91 Å². The highest BCUT2D eigenvalue weighted by Gasteiger charge is 2.07. The van der Waals surface area contributed by atoms with Crippen molar-refractivity contribution in [3.05, 3.63) is 71.0 Å². The minimum Gasteiger partial charge on any atom is -0.368 e. The lowest BCUT2D eigenvalue weighted by Crippen LogP contribution is -2.38. The van der Waals surface area contributed by atoms with Crippen LogP contribution in [0.2, 0.25) is 0 Å². The fourth-order valence-corrected chi connectivity index (χ4v) is 2.47. The molecule has 7 nitrogen and oxygen atoms in total. The van der Waals surface area contributed by atoms with Crippen molar-refractivity contribution < 1.29 is 14.0 Å². The highest BCUT2D eigenvalue weighted by atomic mass is 19.1. The molecule has 0 atom stereocenters. The van der Waals surface area contributed by atoms with Gasteiger partial charge in [0.1, 0.15) is 5.82 Å². The van der Waals surface area contributed by atoms with E-state index in [-0.39, 0.29) is 18.3 Å². The first-order chi connectivity index (χ1) is 13.5. The SMILES string of the molecule is CN=C(NCCc1ccccc1F)NCc1ccc(C(=O)NCC(N)=O)cc1. The van der Waals surface area contributed by atoms with Gasteiger partial charge in [-0.25, -0.2) is 4.39 Å². The molecular formula is C20H24FN5O2. The number of hydrogen-bond donors (Lipinski definition) is 4. The molecule has 0 spiro atoms. The Labute approximate surface area is 163 Å². The zero-order valence-corrected chi connectivity index (χ0v) is 15.7. The van der Waals surface area contributed by atoms with Crippen molar-refractivity contribution in [2.75, 3.05) is 20.1 Å². The summed E-state index contributed by atoms with van der Waals surface area (Å²) in [5.41, 5.74) is 7.04. The molecule has 0 aromatic heterocycles. The van der Waals surface area contributed by atoms with Crippen LogP contribution >= 0.6 is 0 Å². The fourth-order valence-electron chi connectivity index (χ4n) is 2.47. The molecular weight excluding hydrogens is 361 g/mol. The molecule has 2 amide bonds. The van der Waals surface area contributed by atoms with Gasteiger partial charge in [0, 0.05) is 25.7 Å². The number of rotatable bonds is 8. The van der Waals surface area contributed by atoms with E-state index in [1.165, 1.54) is 6.07 Å². The Bertz CT molecular complexity index is 837. The van der Waals surface area contributed by atoms with Crippen molar-refractivity contribution >= 4 is 17.8 Å². The number of nitrogens with one attached hydrogen (secondary N) is 3. The summed E-state index contributed by atoms with van der Waals surface area (Å²) in [5, 5.41) is 8.73. The van der Waals surface area contributed by atoms with Gasteiger partial charge in [0.05, 0.1) is 6.54 Å². The number of primary amides is 1. The minimum atomic E-state index is -0.594. The Hall–Kier alpha value is -3.42. The molecule has 2 aromatic carbocycles. The molecule has 0 aliphatic heterocycles. The number of nitrogens with zero attached hydrogens (tertiary/aromatic N) is 1. The number of carbonyl (C=O) groups is 2. The summed E-state index contributed by atoms with van der Waals surface area (Å²) in [6.45, 7) is 0.846. The van der Waals surface area contributed by atoms with E-state index in [2.05, 4.69) is 20.9 Å². The predicted octanol–water partition coefficient (Wildman–Crippen LogP) is 0.949. The van der Waals surface area contributed by atoms with E-state index in [4.69, 9.17) is 5.73 Å². The summed E-state index contributed by atoms with van der Waals surface area (Å²) < 4.78 is 13.6. The van der Waals surface area contributed by atoms with E-state index in [0.717, 1.165) is 5.56 Å². The van der Waals surface area contributed by atoms with Gasteiger partial charge in [0.15, 0.2) is 5.96 Å². The zero-order chi connectivity index (χ0) is 20.4. The van der Waals surface area contributed by atoms with Gasteiger partial charge >= 0.3 is 0 Å². The van der Waals surface area contributed by atoms with E-state index >= 15 is 0 Å². The van der Waals surface area contributed by atoms with Gasteiger partial charge in [-0.3, -0.25) is 14.6 Å². The number of hydrogen-bond acceptors (Lipinski definition) is 3. The minimum absolute atomic E-state index is 0.197. The molecule has 2 rings (SSSR count). The molecule has 28 heavy (non-hydrogen) atoms. The molecule has 0 heterocycles. The van der Waals surface area contributed by atoms with Gasteiger partial charge in [-0.2, -0.15) is 0 Å². The summed E-state index contributed by atoms with van der Waals surface area (Å²) >= 11 is 0. The molecule has 0 radical (unpaired) electrons. The summed E-state index contributed by atoms with van der Waals surface area (Å²) in [5.74, 6) is -0.571. The van der Waals surface area contributed by atoms with Crippen LogP contribution in [0.15, 0.2) is 53.5 Å². The lowest BCUT2D eigenvalue weighted by molar-refractivity contribution is -0.117. The van der Waals surface area contributed by atoms with E-state index in [1.807, 2.05) is 6.07 Å². The van der Waals surface area contributed by atoms with Gasteiger partial charge in [0.2, 0.25) is 5.91 Å². The predicted molar refractivity (Wildman–Crippen MR) is 106 cm³/mol. The van der Waals surface area contributed by atoms with Crippen molar-refractivity contribution in [1.29, 1.82) is 0 Å². The van der Waals surface area contributed by atoms with E-state index in [0.29, 0.717) is 36.6 Å². The topological polar surface area (TPSA) is 109 Å². The first-order valence-corrected chi connectivity index (χ1v) is 8.83. The summed E-state index contributed by atoms with van der Waals surface area (Å²) in [6, 6.07) is 13.6. The van der Waals surface area contributed by atoms with Crippen molar-refractivity contribution in [3.8, 4) is 0 Å². The standard InChI is InChI=1S/C20H24FN5O2/c1-23-20(24-11-10-15-4-2-3-5-17(15)21)26-12-14-6-8-16(9-7-14)19(28)25-13-18(22)27/h2-9H,10-13H2,1H3,(H2,22,27)(H,25,28)(H2,23,24,26). The normalized spacial score (nSPS) is 11.0. The summed E-state index contributed by atoms with van der Waals surface area (Å²) in [7, 11) is 1.66. The van der Waals surface area contributed by atoms with Crippen LogP contribution in [0, 0.1) is 5.82 Å². The third-order valence-corrected chi connectivity index (χ3v) is 3.97. The Morgan fingerprint density at radius 1 is 1.04 bits per heavy atom. The summed E-state index contributed by atoms with van der Waals surface area (Å²) in [4.78, 5) is 26.7. The molecule has 8 heteroatoms. The van der Waals surface area contributed by atoms with Crippen LogP contribution in [0.1, 0.15) is 21.5 Å². The average molecular weight is 385 g/mol. The van der Waals surface area contributed by atoms with Gasteiger partial charge in [-0.1, -0.05) is 30.3 Å². The van der Waals surface area contributed by atoms with Crippen molar-refractivity contribution in [2.45, 2.75) is 13.0 Å². The summed E-state index contributed by atoms with van der Waals surface area (Å²) in [6.07, 6.45) is 0.544. The Kier molecular flexibility index (Phi) is 7.95. The molecule has 2 aromatic rings. The van der Waals surface area contributed by atoms with E-state index in [1.54, 1.807) is 43.4 Å². The first-order valence-electron chi connectivity index (χ1n) is 8.83. The fraction of sp³-hybridized carbons (Fsp3) is 0.250. The lowest BCUT2D eigenvalue weighted by atomic mass is 10.1. The Morgan fingerprint density at radius 2 is 1.75 bits per heavy atom. The molecule has 0 unspecified atom stereocenters. The monoisotopic (exact) mass is 385 g/mol. The van der Waals surface area contributed by atoms with Crippen LogP contribution in [0.5, 0.6) is 0 Å². The smallest absolute Gasteiger partial charge is 0.251 e. The number of halogens is 1. The highest BCUT2D eigenvalue weighted by Crippen LogP contribution is 2.06. The van der Waals surface area contributed by atoms with Crippen LogP contribution < -0.4 is 21.7 Å². The number of carbonyl (C=O) groups excluding carboxylic acids is 2. The average Bonchev–Trinajstić information content (AvgIpc) is 2.70. The lowest BCUT2D eigenvalue weighted by Gasteiger charge is -2.12. The second-order valence-corrected chi connectivity index (χ2v) is 6.04. The van der Waals surface area contributed by atoms with Gasteiger partial charge < -0.3 is 21.7 Å². The maximum Gasteiger partial charge on any atom is 0.251 e. The Balaban J connectivity index is 1.79. The Morgan fingerprint density at radius 3 is 2.39 bits per heavy atom. The largest absolute Gasteiger partial charge is 0.368 e. The maximum absolute atomic E-state index is 13.6. The molecule has 0 aliphatic carbocycles. The second-order valence-electron chi connectivity index (χ2n) is 6.04. The van der Waals surface area contributed by atoms with Crippen molar-refractivity contribution in [1.82, 2.24) is 16.0 Å². The molecule has 148 valence electrons. The first kappa shape index (κ1) is 20.9. The zero-order valence-electron chi connectivity index (χ0n) is 15.7. The van der Waals surface area contributed by atoms with Crippen molar-refractivity contribution in [2.24, 2.45) is 10.7 Å². The molecule has 0 aliphatic rings. The number of aliphatic imine (C=N–C) groups is 1. The van der Waals surface area contributed by atoms with Crippen molar-refractivity contribution in [3.63, 3.8) is 0 Å². The van der Waals surface area contributed by atoms with Crippen LogP contribution in [-0.2, 0) is 17.8 Å². The van der Waals surface area contributed by atoms with Gasteiger partial charge in [-0.15, -0.1) is 0 Å². The van der Waals surface area contributed by atoms with Gasteiger partial charge in [0.25, 0.3) is 5.91 Å². The number of benzene rings is 2. The van der Waals surface area contributed by atoms with Crippen LogP contribution in [0.3, 0.4) is 0 Å².